The number of fused-ring (bicyclic) bond motifs is 2. The Morgan fingerprint density at radius 1 is 0.852 bits per heavy atom. The van der Waals surface area contributed by atoms with Gasteiger partial charge in [0.2, 0.25) is 0 Å². The van der Waals surface area contributed by atoms with Crippen molar-refractivity contribution in [2.24, 2.45) is 5.92 Å². The Hall–Kier alpha value is -1.94. The number of rotatable bonds is 3. The van der Waals surface area contributed by atoms with Crippen molar-refractivity contribution in [2.45, 2.75) is 18.9 Å². The second kappa shape index (κ2) is 7.59. The van der Waals surface area contributed by atoms with Crippen molar-refractivity contribution in [3.63, 3.8) is 0 Å². The minimum absolute atomic E-state index is 0.465. The van der Waals surface area contributed by atoms with Crippen LogP contribution in [0.1, 0.15) is 24.4 Å². The molecule has 0 aliphatic carbocycles. The minimum Gasteiger partial charge on any atom is -0.381 e. The number of benzene rings is 3. The molecule has 2 heterocycles. The molecule has 3 nitrogen and oxygen atoms in total. The summed E-state index contributed by atoms with van der Waals surface area (Å²) in [6.07, 6.45) is 2.32. The molecule has 2 saturated heterocycles. The van der Waals surface area contributed by atoms with Crippen LogP contribution in [0, 0.1) is 5.92 Å². The first kappa shape index (κ1) is 17.2. The van der Waals surface area contributed by atoms with Gasteiger partial charge in [-0.3, -0.25) is 4.90 Å². The molecular formula is C24H28N2O. The lowest BCUT2D eigenvalue weighted by atomic mass is 9.81. The topological polar surface area (TPSA) is 24.5 Å². The molecular weight excluding hydrogens is 332 g/mol. The standard InChI is InChI=1S/C24H28N2O/c1-3-7-21-19(5-1)17-20-6-2-4-8-22(20)23(21)24(18-9-15-27-16-10-18)26-13-11-25-12-14-26/h1-8,17-18,24-25H,9-16H2/t24-/m0/s1. The van der Waals surface area contributed by atoms with Crippen LogP contribution >= 0.6 is 0 Å². The third-order valence-electron chi connectivity index (χ3n) is 6.37. The fourth-order valence-corrected chi connectivity index (χ4v) is 5.08. The highest BCUT2D eigenvalue weighted by molar-refractivity contribution is 6.02. The highest BCUT2D eigenvalue weighted by Gasteiger charge is 2.33. The van der Waals surface area contributed by atoms with Crippen molar-refractivity contribution < 1.29 is 4.74 Å². The third kappa shape index (κ3) is 3.25. The first-order valence-electron chi connectivity index (χ1n) is 10.3. The van der Waals surface area contributed by atoms with Gasteiger partial charge in [-0.05, 0) is 51.9 Å². The summed E-state index contributed by atoms with van der Waals surface area (Å²) in [6.45, 7) is 6.22. The van der Waals surface area contributed by atoms with Gasteiger partial charge in [0, 0.05) is 45.4 Å². The Kier molecular flexibility index (Phi) is 4.83. The van der Waals surface area contributed by atoms with Crippen molar-refractivity contribution in [3.05, 3.63) is 60.2 Å². The zero-order valence-corrected chi connectivity index (χ0v) is 15.9. The summed E-state index contributed by atoms with van der Waals surface area (Å²) >= 11 is 0. The smallest absolute Gasteiger partial charge is 0.0469 e. The molecule has 3 aromatic rings. The lowest BCUT2D eigenvalue weighted by Crippen LogP contribution is -2.47. The van der Waals surface area contributed by atoms with Crippen LogP contribution in [0.2, 0.25) is 0 Å². The van der Waals surface area contributed by atoms with Gasteiger partial charge >= 0.3 is 0 Å². The van der Waals surface area contributed by atoms with Gasteiger partial charge in [0.1, 0.15) is 0 Å². The largest absolute Gasteiger partial charge is 0.381 e. The SMILES string of the molecule is c1ccc2c([C@H](C3CCOCC3)N3CCNCC3)c3ccccc3cc2c1. The van der Waals surface area contributed by atoms with Crippen molar-refractivity contribution in [1.82, 2.24) is 10.2 Å². The van der Waals surface area contributed by atoms with Crippen molar-refractivity contribution in [2.75, 3.05) is 39.4 Å². The van der Waals surface area contributed by atoms with Crippen LogP contribution in [0.25, 0.3) is 21.5 Å². The Morgan fingerprint density at radius 3 is 2.07 bits per heavy atom. The van der Waals surface area contributed by atoms with Gasteiger partial charge in [-0.2, -0.15) is 0 Å². The number of hydrogen-bond donors (Lipinski definition) is 1. The first-order chi connectivity index (χ1) is 13.4. The maximum absolute atomic E-state index is 5.72. The molecule has 140 valence electrons. The van der Waals surface area contributed by atoms with E-state index in [2.05, 4.69) is 64.8 Å². The first-order valence-corrected chi connectivity index (χ1v) is 10.3. The monoisotopic (exact) mass is 360 g/mol. The van der Waals surface area contributed by atoms with E-state index >= 15 is 0 Å². The Labute approximate surface area is 161 Å². The van der Waals surface area contributed by atoms with E-state index in [-0.39, 0.29) is 0 Å². The lowest BCUT2D eigenvalue weighted by molar-refractivity contribution is 0.0221. The average Bonchev–Trinajstić information content (AvgIpc) is 2.75. The quantitative estimate of drug-likeness (QED) is 0.702. The third-order valence-corrected chi connectivity index (χ3v) is 6.37. The number of hydrogen-bond acceptors (Lipinski definition) is 3. The van der Waals surface area contributed by atoms with Gasteiger partial charge in [0.15, 0.2) is 0 Å². The van der Waals surface area contributed by atoms with Crippen molar-refractivity contribution in [3.8, 4) is 0 Å². The molecule has 27 heavy (non-hydrogen) atoms. The Morgan fingerprint density at radius 2 is 1.44 bits per heavy atom. The van der Waals surface area contributed by atoms with E-state index in [1.54, 1.807) is 0 Å². The maximum atomic E-state index is 5.72. The summed E-state index contributed by atoms with van der Waals surface area (Å²) in [5.74, 6) is 0.658. The van der Waals surface area contributed by atoms with Gasteiger partial charge < -0.3 is 10.1 Å². The molecule has 1 atom stereocenters. The highest BCUT2D eigenvalue weighted by atomic mass is 16.5. The lowest BCUT2D eigenvalue weighted by Gasteiger charge is -2.42. The summed E-state index contributed by atoms with van der Waals surface area (Å²) in [4.78, 5) is 2.74. The molecule has 3 aromatic carbocycles. The molecule has 0 bridgehead atoms. The summed E-state index contributed by atoms with van der Waals surface area (Å²) in [5, 5.41) is 9.10. The Bertz CT molecular complexity index is 854. The molecule has 0 saturated carbocycles. The molecule has 0 amide bonds. The summed E-state index contributed by atoms with van der Waals surface area (Å²) in [5.41, 5.74) is 1.54. The van der Waals surface area contributed by atoms with Gasteiger partial charge in [0.05, 0.1) is 0 Å². The van der Waals surface area contributed by atoms with Crippen molar-refractivity contribution >= 4 is 21.5 Å². The van der Waals surface area contributed by atoms with E-state index in [0.717, 1.165) is 52.2 Å². The number of ether oxygens (including phenoxy) is 1. The van der Waals surface area contributed by atoms with Crippen LogP contribution in [0.15, 0.2) is 54.6 Å². The zero-order chi connectivity index (χ0) is 18.1. The molecule has 1 N–H and O–H groups in total. The molecule has 0 spiro atoms. The molecule has 0 radical (unpaired) electrons. The van der Waals surface area contributed by atoms with Crippen LogP contribution in [0.4, 0.5) is 0 Å². The molecule has 0 aromatic heterocycles. The predicted octanol–water partition coefficient (Wildman–Crippen LogP) is 4.37. The van der Waals surface area contributed by atoms with Crippen LogP contribution in [-0.4, -0.2) is 44.3 Å². The van der Waals surface area contributed by atoms with E-state index in [9.17, 15) is 0 Å². The van der Waals surface area contributed by atoms with Crippen LogP contribution in [0.5, 0.6) is 0 Å². The van der Waals surface area contributed by atoms with Crippen LogP contribution < -0.4 is 5.32 Å². The predicted molar refractivity (Wildman–Crippen MR) is 112 cm³/mol. The van der Waals surface area contributed by atoms with Gasteiger partial charge in [-0.15, -0.1) is 0 Å². The fourth-order valence-electron chi connectivity index (χ4n) is 5.08. The molecule has 3 heteroatoms. The molecule has 2 fully saturated rings. The van der Waals surface area contributed by atoms with E-state index in [1.807, 2.05) is 0 Å². The van der Waals surface area contributed by atoms with E-state index in [0.29, 0.717) is 12.0 Å². The number of nitrogens with one attached hydrogen (secondary N) is 1. The molecule has 5 rings (SSSR count). The second-order valence-corrected chi connectivity index (χ2v) is 7.91. The van der Waals surface area contributed by atoms with E-state index in [1.165, 1.54) is 27.1 Å². The molecule has 2 aliphatic rings. The van der Waals surface area contributed by atoms with Crippen LogP contribution in [-0.2, 0) is 4.74 Å². The zero-order valence-electron chi connectivity index (χ0n) is 15.9. The van der Waals surface area contributed by atoms with Gasteiger partial charge in [0.25, 0.3) is 0 Å². The molecule has 2 aliphatic heterocycles. The number of nitrogens with zero attached hydrogens (tertiary/aromatic N) is 1. The fraction of sp³-hybridized carbons (Fsp3) is 0.417. The highest BCUT2D eigenvalue weighted by Crippen LogP contribution is 2.42. The van der Waals surface area contributed by atoms with Gasteiger partial charge in [-0.1, -0.05) is 48.5 Å². The summed E-state index contributed by atoms with van der Waals surface area (Å²) in [6, 6.07) is 20.7. The minimum atomic E-state index is 0.465. The van der Waals surface area contributed by atoms with Gasteiger partial charge in [-0.25, -0.2) is 0 Å². The van der Waals surface area contributed by atoms with E-state index < -0.39 is 0 Å². The normalized spacial score (nSPS) is 20.9. The summed E-state index contributed by atoms with van der Waals surface area (Å²) in [7, 11) is 0. The number of piperazine rings is 1. The van der Waals surface area contributed by atoms with E-state index in [4.69, 9.17) is 4.74 Å². The van der Waals surface area contributed by atoms with Crippen molar-refractivity contribution in [1.29, 1.82) is 0 Å². The van der Waals surface area contributed by atoms with Crippen LogP contribution in [0.3, 0.4) is 0 Å². The maximum Gasteiger partial charge on any atom is 0.0469 e. The second-order valence-electron chi connectivity index (χ2n) is 7.91. The Balaban J connectivity index is 1.74. The summed E-state index contributed by atoms with van der Waals surface area (Å²) < 4.78 is 5.72. The average molecular weight is 361 g/mol. The molecule has 0 unspecified atom stereocenters.